The Bertz CT molecular complexity index is 492. The minimum Gasteiger partial charge on any atom is -0.337 e. The van der Waals surface area contributed by atoms with E-state index >= 15 is 0 Å². The van der Waals surface area contributed by atoms with Gasteiger partial charge < -0.3 is 9.80 Å². The van der Waals surface area contributed by atoms with Crippen LogP contribution in [-0.2, 0) is 6.42 Å². The maximum atomic E-state index is 12.4. The lowest BCUT2D eigenvalue weighted by molar-refractivity contribution is 0.0762. The van der Waals surface area contributed by atoms with Gasteiger partial charge in [0.1, 0.15) is 0 Å². The third kappa shape index (κ3) is 3.55. The predicted octanol–water partition coefficient (Wildman–Crippen LogP) is 1.53. The number of likely N-dealkylation sites (N-methyl/N-ethyl adjacent to an activating group) is 1. The van der Waals surface area contributed by atoms with Crippen LogP contribution in [0.2, 0.25) is 0 Å². The van der Waals surface area contributed by atoms with Crippen LogP contribution in [0.1, 0.15) is 22.3 Å². The largest absolute Gasteiger partial charge is 0.337 e. The van der Waals surface area contributed by atoms with Crippen molar-refractivity contribution < 1.29 is 4.79 Å². The minimum absolute atomic E-state index is 0.0788. The molecule has 1 aromatic rings. The summed E-state index contributed by atoms with van der Waals surface area (Å²) < 4.78 is 0. The Kier molecular flexibility index (Phi) is 4.53. The molecule has 0 aliphatic carbocycles. The number of rotatable bonds is 2. The Balaban J connectivity index is 2.10. The van der Waals surface area contributed by atoms with Crippen LogP contribution in [0.4, 0.5) is 0 Å². The van der Waals surface area contributed by atoms with Crippen LogP contribution >= 0.6 is 0 Å². The zero-order chi connectivity index (χ0) is 13.7. The van der Waals surface area contributed by atoms with Gasteiger partial charge in [0, 0.05) is 25.2 Å². The molecule has 1 heterocycles. The second-order valence-corrected chi connectivity index (χ2v) is 4.98. The summed E-state index contributed by atoms with van der Waals surface area (Å²) in [6.45, 7) is 3.55. The molecule has 100 valence electrons. The van der Waals surface area contributed by atoms with Gasteiger partial charge in [-0.3, -0.25) is 4.79 Å². The Morgan fingerprint density at radius 3 is 2.95 bits per heavy atom. The quantitative estimate of drug-likeness (QED) is 0.807. The smallest absolute Gasteiger partial charge is 0.253 e. The summed E-state index contributed by atoms with van der Waals surface area (Å²) in [6.07, 6.45) is 1.37. The van der Waals surface area contributed by atoms with Crippen molar-refractivity contribution in [3.8, 4) is 6.07 Å². The molecular weight excluding hydrogens is 238 g/mol. The summed E-state index contributed by atoms with van der Waals surface area (Å²) in [4.78, 5) is 16.6. The summed E-state index contributed by atoms with van der Waals surface area (Å²) in [5, 5.41) is 8.71. The van der Waals surface area contributed by atoms with E-state index in [2.05, 4.69) is 18.0 Å². The Morgan fingerprint density at radius 1 is 1.32 bits per heavy atom. The molecule has 0 aromatic heterocycles. The molecule has 4 heteroatoms. The van der Waals surface area contributed by atoms with E-state index in [9.17, 15) is 4.79 Å². The van der Waals surface area contributed by atoms with Crippen LogP contribution in [0.5, 0.6) is 0 Å². The summed E-state index contributed by atoms with van der Waals surface area (Å²) in [5.41, 5.74) is 1.59. The minimum atomic E-state index is 0.0788. The van der Waals surface area contributed by atoms with Gasteiger partial charge in [0.25, 0.3) is 5.91 Å². The fourth-order valence-electron chi connectivity index (χ4n) is 2.34. The molecular formula is C15H19N3O. The van der Waals surface area contributed by atoms with E-state index in [0.717, 1.165) is 38.2 Å². The maximum absolute atomic E-state index is 12.4. The van der Waals surface area contributed by atoms with Crippen LogP contribution < -0.4 is 0 Å². The molecule has 19 heavy (non-hydrogen) atoms. The first kappa shape index (κ1) is 13.6. The molecule has 0 radical (unpaired) electrons. The summed E-state index contributed by atoms with van der Waals surface area (Å²) >= 11 is 0. The number of nitriles is 1. The van der Waals surface area contributed by atoms with Crippen molar-refractivity contribution in [3.63, 3.8) is 0 Å². The first-order valence-electron chi connectivity index (χ1n) is 6.64. The van der Waals surface area contributed by atoms with Gasteiger partial charge in [-0.15, -0.1) is 0 Å². The predicted molar refractivity (Wildman–Crippen MR) is 73.8 cm³/mol. The van der Waals surface area contributed by atoms with Gasteiger partial charge >= 0.3 is 0 Å². The van der Waals surface area contributed by atoms with Crippen LogP contribution in [0.25, 0.3) is 0 Å². The molecule has 1 aliphatic heterocycles. The van der Waals surface area contributed by atoms with Crippen molar-refractivity contribution in [1.82, 2.24) is 9.80 Å². The average Bonchev–Trinajstić information content (AvgIpc) is 2.63. The lowest BCUT2D eigenvalue weighted by Crippen LogP contribution is -2.34. The lowest BCUT2D eigenvalue weighted by atomic mass is 10.1. The molecule has 0 atom stereocenters. The number of amides is 1. The molecule has 0 bridgehead atoms. The molecule has 2 rings (SSSR count). The van der Waals surface area contributed by atoms with Crippen molar-refractivity contribution >= 4 is 5.91 Å². The Labute approximate surface area is 114 Å². The number of hydrogen-bond donors (Lipinski definition) is 0. The number of hydrogen-bond acceptors (Lipinski definition) is 3. The average molecular weight is 257 g/mol. The molecule has 4 nitrogen and oxygen atoms in total. The lowest BCUT2D eigenvalue weighted by Gasteiger charge is -2.20. The van der Waals surface area contributed by atoms with E-state index < -0.39 is 0 Å². The number of nitrogens with zero attached hydrogens (tertiary/aromatic N) is 3. The van der Waals surface area contributed by atoms with Crippen molar-refractivity contribution in [2.24, 2.45) is 0 Å². The van der Waals surface area contributed by atoms with Gasteiger partial charge in [-0.25, -0.2) is 0 Å². The number of benzene rings is 1. The maximum Gasteiger partial charge on any atom is 0.253 e. The van der Waals surface area contributed by atoms with E-state index in [1.807, 2.05) is 29.2 Å². The van der Waals surface area contributed by atoms with Crippen LogP contribution in [0.3, 0.4) is 0 Å². The van der Waals surface area contributed by atoms with Gasteiger partial charge in [0.05, 0.1) is 12.5 Å². The molecule has 0 spiro atoms. The van der Waals surface area contributed by atoms with Crippen LogP contribution in [0.15, 0.2) is 24.3 Å². The second kappa shape index (κ2) is 6.35. The molecule has 0 saturated carbocycles. The molecule has 1 saturated heterocycles. The summed E-state index contributed by atoms with van der Waals surface area (Å²) in [7, 11) is 2.08. The van der Waals surface area contributed by atoms with Crippen molar-refractivity contribution in [1.29, 1.82) is 5.26 Å². The fraction of sp³-hybridized carbons (Fsp3) is 0.467. The summed E-state index contributed by atoms with van der Waals surface area (Å²) in [5.74, 6) is 0.0788. The molecule has 1 amide bonds. The molecule has 1 fully saturated rings. The van der Waals surface area contributed by atoms with E-state index in [0.29, 0.717) is 12.0 Å². The van der Waals surface area contributed by atoms with E-state index in [1.54, 1.807) is 0 Å². The van der Waals surface area contributed by atoms with Gasteiger partial charge in [0.15, 0.2) is 0 Å². The number of carbonyl (C=O) groups is 1. The Morgan fingerprint density at radius 2 is 2.16 bits per heavy atom. The van der Waals surface area contributed by atoms with E-state index in [-0.39, 0.29) is 5.91 Å². The van der Waals surface area contributed by atoms with Crippen molar-refractivity contribution in [2.75, 3.05) is 33.2 Å². The topological polar surface area (TPSA) is 47.3 Å². The zero-order valence-electron chi connectivity index (χ0n) is 11.3. The molecule has 0 N–H and O–H groups in total. The van der Waals surface area contributed by atoms with Crippen molar-refractivity contribution in [3.05, 3.63) is 35.4 Å². The first-order valence-corrected chi connectivity index (χ1v) is 6.64. The second-order valence-electron chi connectivity index (χ2n) is 4.98. The highest BCUT2D eigenvalue weighted by molar-refractivity contribution is 5.94. The zero-order valence-corrected chi connectivity index (χ0v) is 11.3. The van der Waals surface area contributed by atoms with E-state index in [4.69, 9.17) is 5.26 Å². The highest BCUT2D eigenvalue weighted by Gasteiger charge is 2.18. The van der Waals surface area contributed by atoms with Gasteiger partial charge in [0.2, 0.25) is 0 Å². The summed E-state index contributed by atoms with van der Waals surface area (Å²) in [6, 6.07) is 9.51. The normalized spacial score (nSPS) is 16.7. The SMILES string of the molecule is CN1CCCN(C(=O)c2cccc(CC#N)c2)CC1. The number of carbonyl (C=O) groups excluding carboxylic acids is 1. The highest BCUT2D eigenvalue weighted by atomic mass is 16.2. The molecule has 0 unspecified atom stereocenters. The standard InChI is InChI=1S/C15H19N3O/c1-17-8-3-9-18(11-10-17)15(19)14-5-2-4-13(12-14)6-7-16/h2,4-5,12H,3,6,8-11H2,1H3. The van der Waals surface area contributed by atoms with Crippen LogP contribution in [-0.4, -0.2) is 48.9 Å². The first-order chi connectivity index (χ1) is 9.20. The third-order valence-corrected chi connectivity index (χ3v) is 3.46. The van der Waals surface area contributed by atoms with Crippen molar-refractivity contribution in [2.45, 2.75) is 12.8 Å². The molecule has 1 aliphatic rings. The third-order valence-electron chi connectivity index (χ3n) is 3.46. The van der Waals surface area contributed by atoms with Crippen LogP contribution in [0, 0.1) is 11.3 Å². The fourth-order valence-corrected chi connectivity index (χ4v) is 2.34. The van der Waals surface area contributed by atoms with Gasteiger partial charge in [-0.2, -0.15) is 5.26 Å². The Hall–Kier alpha value is -1.86. The van der Waals surface area contributed by atoms with E-state index in [1.165, 1.54) is 0 Å². The monoisotopic (exact) mass is 257 g/mol. The molecule has 1 aromatic carbocycles. The van der Waals surface area contributed by atoms with Gasteiger partial charge in [-0.1, -0.05) is 12.1 Å². The highest BCUT2D eigenvalue weighted by Crippen LogP contribution is 2.11. The van der Waals surface area contributed by atoms with Gasteiger partial charge in [-0.05, 0) is 37.7 Å².